The quantitative estimate of drug-likeness (QED) is 0.695. The van der Waals surface area contributed by atoms with Crippen molar-refractivity contribution in [2.75, 3.05) is 11.4 Å². The van der Waals surface area contributed by atoms with Crippen LogP contribution < -0.4 is 4.90 Å². The van der Waals surface area contributed by atoms with E-state index in [9.17, 15) is 13.6 Å². The smallest absolute Gasteiger partial charge is 0.261 e. The fourth-order valence-electron chi connectivity index (χ4n) is 3.21. The van der Waals surface area contributed by atoms with Gasteiger partial charge in [-0.15, -0.1) is 0 Å². The molecule has 138 valence electrons. The highest BCUT2D eigenvalue weighted by atomic mass is 19.1. The van der Waals surface area contributed by atoms with Gasteiger partial charge in [0.05, 0.1) is 5.56 Å². The molecular weight excluding hydrogens is 352 g/mol. The van der Waals surface area contributed by atoms with Gasteiger partial charge in [-0.1, -0.05) is 24.2 Å². The molecule has 2 heterocycles. The molecule has 3 aromatic rings. The van der Waals surface area contributed by atoms with Crippen LogP contribution >= 0.6 is 0 Å². The molecule has 5 nitrogen and oxygen atoms in total. The summed E-state index contributed by atoms with van der Waals surface area (Å²) in [6.45, 7) is 2.48. The van der Waals surface area contributed by atoms with Gasteiger partial charge in [0.1, 0.15) is 11.6 Å². The minimum atomic E-state index is -0.647. The minimum absolute atomic E-state index is 0.0347. The van der Waals surface area contributed by atoms with Crippen LogP contribution in [-0.2, 0) is 11.2 Å². The van der Waals surface area contributed by atoms with Gasteiger partial charge in [0.2, 0.25) is 5.91 Å². The minimum Gasteiger partial charge on any atom is -0.334 e. The predicted molar refractivity (Wildman–Crippen MR) is 95.2 cm³/mol. The van der Waals surface area contributed by atoms with E-state index in [1.54, 1.807) is 4.90 Å². The van der Waals surface area contributed by atoms with Crippen LogP contribution in [0.15, 0.2) is 47.0 Å². The van der Waals surface area contributed by atoms with E-state index in [4.69, 9.17) is 4.52 Å². The maximum atomic E-state index is 13.9. The molecule has 7 heteroatoms. The van der Waals surface area contributed by atoms with Crippen molar-refractivity contribution >= 4 is 11.6 Å². The lowest BCUT2D eigenvalue weighted by Crippen LogP contribution is -2.24. The van der Waals surface area contributed by atoms with Crippen molar-refractivity contribution in [1.29, 1.82) is 0 Å². The zero-order chi connectivity index (χ0) is 19.0. The fraction of sp³-hybridized carbons (Fsp3) is 0.250. The Morgan fingerprint density at radius 1 is 1.19 bits per heavy atom. The summed E-state index contributed by atoms with van der Waals surface area (Å²) in [6, 6.07) is 10.9. The maximum Gasteiger partial charge on any atom is 0.261 e. The number of anilines is 1. The number of amides is 1. The van der Waals surface area contributed by atoms with E-state index in [0.717, 1.165) is 30.3 Å². The monoisotopic (exact) mass is 369 g/mol. The van der Waals surface area contributed by atoms with E-state index >= 15 is 0 Å². The second-order valence-electron chi connectivity index (χ2n) is 6.51. The second kappa shape index (κ2) is 6.90. The molecule has 1 unspecified atom stereocenters. The average Bonchev–Trinajstić information content (AvgIpc) is 3.31. The number of rotatable bonds is 4. The van der Waals surface area contributed by atoms with E-state index in [0.29, 0.717) is 12.4 Å². The normalized spacial score (nSPS) is 16.9. The Hall–Kier alpha value is -3.09. The molecule has 1 saturated heterocycles. The van der Waals surface area contributed by atoms with Gasteiger partial charge in [-0.25, -0.2) is 8.78 Å². The highest BCUT2D eigenvalue weighted by molar-refractivity contribution is 5.96. The summed E-state index contributed by atoms with van der Waals surface area (Å²) in [5, 5.41) is 3.88. The number of halogens is 2. The number of carbonyl (C=O) groups is 1. The lowest BCUT2D eigenvalue weighted by molar-refractivity contribution is -0.117. The molecule has 0 spiro atoms. The summed E-state index contributed by atoms with van der Waals surface area (Å²) in [6.07, 6.45) is 1.17. The summed E-state index contributed by atoms with van der Waals surface area (Å²) < 4.78 is 32.4. The van der Waals surface area contributed by atoms with Gasteiger partial charge in [0.15, 0.2) is 5.82 Å². The van der Waals surface area contributed by atoms with Crippen LogP contribution in [-0.4, -0.2) is 22.6 Å². The molecular formula is C20H17F2N3O2. The summed E-state index contributed by atoms with van der Waals surface area (Å²) >= 11 is 0. The van der Waals surface area contributed by atoms with E-state index in [1.165, 1.54) is 5.56 Å². The fourth-order valence-corrected chi connectivity index (χ4v) is 3.21. The third-order valence-electron chi connectivity index (χ3n) is 4.75. The van der Waals surface area contributed by atoms with Crippen LogP contribution in [0.25, 0.3) is 11.5 Å². The Balaban J connectivity index is 1.56. The highest BCUT2D eigenvalue weighted by Gasteiger charge is 2.34. The van der Waals surface area contributed by atoms with E-state index in [2.05, 4.69) is 17.1 Å². The van der Waals surface area contributed by atoms with Crippen molar-refractivity contribution in [2.24, 2.45) is 0 Å². The molecule has 1 aromatic heterocycles. The first-order valence-corrected chi connectivity index (χ1v) is 8.73. The Bertz CT molecular complexity index is 985. The molecule has 27 heavy (non-hydrogen) atoms. The summed E-state index contributed by atoms with van der Waals surface area (Å²) in [5.74, 6) is -1.32. The number of aryl methyl sites for hydroxylation is 1. The lowest BCUT2D eigenvalue weighted by atomic mass is 10.1. The van der Waals surface area contributed by atoms with E-state index in [1.807, 2.05) is 24.3 Å². The lowest BCUT2D eigenvalue weighted by Gasteiger charge is -2.16. The van der Waals surface area contributed by atoms with Gasteiger partial charge in [0.25, 0.3) is 5.89 Å². The number of benzene rings is 2. The largest absolute Gasteiger partial charge is 0.334 e. The topological polar surface area (TPSA) is 59.2 Å². The summed E-state index contributed by atoms with van der Waals surface area (Å²) in [7, 11) is 0. The van der Waals surface area contributed by atoms with Crippen LogP contribution in [0.2, 0.25) is 0 Å². The van der Waals surface area contributed by atoms with Crippen molar-refractivity contribution < 1.29 is 18.1 Å². The molecule has 0 bridgehead atoms. The Morgan fingerprint density at radius 3 is 2.70 bits per heavy atom. The molecule has 4 rings (SSSR count). The van der Waals surface area contributed by atoms with Crippen molar-refractivity contribution in [3.8, 4) is 11.5 Å². The number of hydrogen-bond acceptors (Lipinski definition) is 4. The molecule has 1 aliphatic heterocycles. The number of nitrogens with zero attached hydrogens (tertiary/aromatic N) is 3. The number of hydrogen-bond donors (Lipinski definition) is 0. The average molecular weight is 369 g/mol. The zero-order valence-electron chi connectivity index (χ0n) is 14.7. The highest BCUT2D eigenvalue weighted by Crippen LogP contribution is 2.32. The van der Waals surface area contributed by atoms with Gasteiger partial charge in [-0.3, -0.25) is 4.79 Å². The second-order valence-corrected chi connectivity index (χ2v) is 6.51. The molecule has 2 aromatic carbocycles. The molecule has 0 aliphatic carbocycles. The van der Waals surface area contributed by atoms with Gasteiger partial charge < -0.3 is 9.42 Å². The van der Waals surface area contributed by atoms with Crippen molar-refractivity contribution in [3.63, 3.8) is 0 Å². The third kappa shape index (κ3) is 3.32. The van der Waals surface area contributed by atoms with Crippen LogP contribution in [0.1, 0.15) is 30.7 Å². The summed E-state index contributed by atoms with van der Waals surface area (Å²) in [5.41, 5.74) is 1.92. The first kappa shape index (κ1) is 17.3. The van der Waals surface area contributed by atoms with Gasteiger partial charge in [0, 0.05) is 24.6 Å². The van der Waals surface area contributed by atoms with Crippen LogP contribution in [0.3, 0.4) is 0 Å². The van der Waals surface area contributed by atoms with Crippen LogP contribution in [0.5, 0.6) is 0 Å². The third-order valence-corrected chi connectivity index (χ3v) is 4.75. The van der Waals surface area contributed by atoms with E-state index < -0.39 is 11.6 Å². The van der Waals surface area contributed by atoms with Gasteiger partial charge in [-0.2, -0.15) is 4.98 Å². The number of carbonyl (C=O) groups excluding carboxylic acids is 1. The zero-order valence-corrected chi connectivity index (χ0v) is 14.7. The standard InChI is InChI=1S/C20H17F2N3O2/c1-2-12-3-6-15(7-4-12)25-11-13(9-18(25)26)19-23-20(27-24-19)16-10-14(21)5-8-17(16)22/h3-8,10,13H,2,9,11H2,1H3. The Labute approximate surface area is 154 Å². The van der Waals surface area contributed by atoms with Gasteiger partial charge in [-0.05, 0) is 42.3 Å². The first-order chi connectivity index (χ1) is 13.0. The van der Waals surface area contributed by atoms with Crippen molar-refractivity contribution in [1.82, 2.24) is 10.1 Å². The summed E-state index contributed by atoms with van der Waals surface area (Å²) in [4.78, 5) is 18.3. The number of aromatic nitrogens is 2. The molecule has 0 saturated carbocycles. The van der Waals surface area contributed by atoms with Crippen molar-refractivity contribution in [3.05, 3.63) is 65.5 Å². The first-order valence-electron chi connectivity index (χ1n) is 8.73. The van der Waals surface area contributed by atoms with Crippen molar-refractivity contribution in [2.45, 2.75) is 25.7 Å². The SMILES string of the molecule is CCc1ccc(N2CC(c3noc(-c4cc(F)ccc4F)n3)CC2=O)cc1. The molecule has 1 fully saturated rings. The van der Waals surface area contributed by atoms with E-state index in [-0.39, 0.29) is 29.7 Å². The Kier molecular flexibility index (Phi) is 4.43. The predicted octanol–water partition coefficient (Wildman–Crippen LogP) is 4.10. The van der Waals surface area contributed by atoms with Crippen LogP contribution in [0, 0.1) is 11.6 Å². The van der Waals surface area contributed by atoms with Gasteiger partial charge >= 0.3 is 0 Å². The Morgan fingerprint density at radius 2 is 1.96 bits per heavy atom. The maximum absolute atomic E-state index is 13.9. The molecule has 1 aliphatic rings. The van der Waals surface area contributed by atoms with Crippen LogP contribution in [0.4, 0.5) is 14.5 Å². The molecule has 0 N–H and O–H groups in total. The molecule has 0 radical (unpaired) electrons. The molecule has 1 amide bonds. The molecule has 1 atom stereocenters.